The van der Waals surface area contributed by atoms with Crippen molar-refractivity contribution >= 4 is 11.8 Å². The Morgan fingerprint density at radius 3 is 1.83 bits per heavy atom. The quantitative estimate of drug-likeness (QED) is 0.573. The Bertz CT molecular complexity index is 235. The van der Waals surface area contributed by atoms with Crippen LogP contribution in [0.4, 0.5) is 0 Å². The number of hydrogen-bond donors (Lipinski definition) is 2. The molecular formula is C8H14N2O2. The number of carbonyl (C=O) groups is 2. The van der Waals surface area contributed by atoms with E-state index in [1.54, 1.807) is 0 Å². The Morgan fingerprint density at radius 1 is 1.33 bits per heavy atom. The number of amides is 2. The van der Waals surface area contributed by atoms with Crippen molar-refractivity contribution in [3.05, 3.63) is 0 Å². The predicted molar refractivity (Wildman–Crippen MR) is 43.8 cm³/mol. The van der Waals surface area contributed by atoms with E-state index in [2.05, 4.69) is 0 Å². The number of rotatable bonds is 3. The van der Waals surface area contributed by atoms with Gasteiger partial charge >= 0.3 is 0 Å². The van der Waals surface area contributed by atoms with Crippen molar-refractivity contribution in [2.24, 2.45) is 22.3 Å². The fraction of sp³-hybridized carbons (Fsp3) is 0.750. The van der Waals surface area contributed by atoms with Crippen LogP contribution in [0.5, 0.6) is 0 Å². The van der Waals surface area contributed by atoms with E-state index in [4.69, 9.17) is 11.5 Å². The Hall–Kier alpha value is -1.06. The van der Waals surface area contributed by atoms with Crippen molar-refractivity contribution in [1.82, 2.24) is 0 Å². The normalized spacial score (nSPS) is 31.2. The highest BCUT2D eigenvalue weighted by atomic mass is 16.2. The fourth-order valence-corrected chi connectivity index (χ4v) is 1.86. The molecule has 1 atom stereocenters. The highest BCUT2D eigenvalue weighted by molar-refractivity contribution is 6.08. The lowest BCUT2D eigenvalue weighted by Crippen LogP contribution is -2.40. The fourth-order valence-electron chi connectivity index (χ4n) is 1.86. The standard InChI is InChI=1S/C8H14N2O2/c1-3-7(2)4-8(7,5(9)11)6(10)12/h3-4H2,1-2H3,(H2,9,11)(H2,10,12)/t7-/m1/s1. The molecule has 0 radical (unpaired) electrons. The maximum absolute atomic E-state index is 11.0. The molecule has 0 saturated heterocycles. The van der Waals surface area contributed by atoms with Crippen molar-refractivity contribution in [3.8, 4) is 0 Å². The van der Waals surface area contributed by atoms with Crippen LogP contribution in [0.1, 0.15) is 26.7 Å². The molecule has 0 aliphatic heterocycles. The van der Waals surface area contributed by atoms with Gasteiger partial charge in [-0.3, -0.25) is 9.59 Å². The summed E-state index contributed by atoms with van der Waals surface area (Å²) in [6, 6.07) is 0. The van der Waals surface area contributed by atoms with E-state index in [-0.39, 0.29) is 5.41 Å². The molecule has 1 rings (SSSR count). The SMILES string of the molecule is CC[C@]1(C)CC1(C(N)=O)C(N)=O. The van der Waals surface area contributed by atoms with E-state index >= 15 is 0 Å². The molecule has 0 bridgehead atoms. The largest absolute Gasteiger partial charge is 0.369 e. The van der Waals surface area contributed by atoms with Gasteiger partial charge in [0.1, 0.15) is 5.41 Å². The van der Waals surface area contributed by atoms with E-state index in [1.807, 2.05) is 13.8 Å². The summed E-state index contributed by atoms with van der Waals surface area (Å²) < 4.78 is 0. The third-order valence-electron chi connectivity index (χ3n) is 3.18. The summed E-state index contributed by atoms with van der Waals surface area (Å²) in [5.41, 5.74) is 8.92. The number of nitrogens with two attached hydrogens (primary N) is 2. The summed E-state index contributed by atoms with van der Waals surface area (Å²) >= 11 is 0. The van der Waals surface area contributed by atoms with Gasteiger partial charge in [-0.15, -0.1) is 0 Å². The van der Waals surface area contributed by atoms with Crippen LogP contribution in [0.2, 0.25) is 0 Å². The molecule has 0 aromatic rings. The van der Waals surface area contributed by atoms with E-state index in [9.17, 15) is 9.59 Å². The van der Waals surface area contributed by atoms with E-state index in [0.717, 1.165) is 6.42 Å². The molecule has 4 nitrogen and oxygen atoms in total. The van der Waals surface area contributed by atoms with Crippen LogP contribution in [0, 0.1) is 10.8 Å². The van der Waals surface area contributed by atoms with Crippen molar-refractivity contribution in [2.75, 3.05) is 0 Å². The van der Waals surface area contributed by atoms with Gasteiger partial charge in [0.2, 0.25) is 11.8 Å². The second-order valence-corrected chi connectivity index (χ2v) is 3.72. The number of hydrogen-bond acceptors (Lipinski definition) is 2. The molecule has 1 saturated carbocycles. The molecule has 0 aromatic heterocycles. The second-order valence-electron chi connectivity index (χ2n) is 3.72. The lowest BCUT2D eigenvalue weighted by atomic mass is 9.91. The third-order valence-corrected chi connectivity index (χ3v) is 3.18. The first-order valence-corrected chi connectivity index (χ1v) is 4.00. The highest BCUT2D eigenvalue weighted by Gasteiger charge is 2.71. The molecule has 0 aromatic carbocycles. The predicted octanol–water partition coefficient (Wildman–Crippen LogP) is -0.237. The van der Waals surface area contributed by atoms with Crippen molar-refractivity contribution in [2.45, 2.75) is 26.7 Å². The minimum Gasteiger partial charge on any atom is -0.369 e. The minimum absolute atomic E-state index is 0.301. The van der Waals surface area contributed by atoms with Crippen LogP contribution in [0.15, 0.2) is 0 Å². The first kappa shape index (κ1) is 9.03. The lowest BCUT2D eigenvalue weighted by molar-refractivity contribution is -0.135. The molecule has 0 heterocycles. The number of carbonyl (C=O) groups excluding carboxylic acids is 2. The van der Waals surface area contributed by atoms with Crippen molar-refractivity contribution in [3.63, 3.8) is 0 Å². The average molecular weight is 170 g/mol. The van der Waals surface area contributed by atoms with Gasteiger partial charge in [0.15, 0.2) is 0 Å². The van der Waals surface area contributed by atoms with Gasteiger partial charge in [-0.25, -0.2) is 0 Å². The van der Waals surface area contributed by atoms with E-state index in [1.165, 1.54) is 0 Å². The molecular weight excluding hydrogens is 156 g/mol. The summed E-state index contributed by atoms with van der Waals surface area (Å²) in [6.45, 7) is 3.79. The van der Waals surface area contributed by atoms with Gasteiger partial charge in [-0.2, -0.15) is 0 Å². The Kier molecular flexibility index (Phi) is 1.67. The van der Waals surface area contributed by atoms with Crippen molar-refractivity contribution in [1.29, 1.82) is 0 Å². The summed E-state index contributed by atoms with van der Waals surface area (Å²) in [5, 5.41) is 0. The van der Waals surface area contributed by atoms with E-state index < -0.39 is 17.2 Å². The maximum Gasteiger partial charge on any atom is 0.233 e. The average Bonchev–Trinajstić information content (AvgIpc) is 2.59. The minimum atomic E-state index is -1.07. The second kappa shape index (κ2) is 2.21. The van der Waals surface area contributed by atoms with Gasteiger partial charge < -0.3 is 11.5 Å². The molecule has 1 aliphatic rings. The van der Waals surface area contributed by atoms with Crippen LogP contribution in [0.25, 0.3) is 0 Å². The van der Waals surface area contributed by atoms with Gasteiger partial charge in [0.05, 0.1) is 0 Å². The molecule has 0 spiro atoms. The lowest BCUT2D eigenvalue weighted by Gasteiger charge is -2.14. The van der Waals surface area contributed by atoms with Gasteiger partial charge in [0.25, 0.3) is 0 Å². The summed E-state index contributed by atoms with van der Waals surface area (Å²) in [7, 11) is 0. The van der Waals surface area contributed by atoms with Gasteiger partial charge in [-0.05, 0) is 18.3 Å². The summed E-state index contributed by atoms with van der Waals surface area (Å²) in [4.78, 5) is 22.0. The monoisotopic (exact) mass is 170 g/mol. The molecule has 68 valence electrons. The molecule has 0 unspecified atom stereocenters. The number of primary amides is 2. The Balaban J connectivity index is 2.97. The molecule has 4 heteroatoms. The first-order chi connectivity index (χ1) is 5.40. The highest BCUT2D eigenvalue weighted by Crippen LogP contribution is 2.65. The zero-order chi connectivity index (χ0) is 9.57. The Morgan fingerprint density at radius 2 is 1.75 bits per heavy atom. The van der Waals surface area contributed by atoms with Crippen LogP contribution in [-0.4, -0.2) is 11.8 Å². The van der Waals surface area contributed by atoms with Crippen LogP contribution in [-0.2, 0) is 9.59 Å². The molecule has 2 amide bonds. The summed E-state index contributed by atoms with van der Waals surface area (Å²) in [6.07, 6.45) is 1.25. The zero-order valence-electron chi connectivity index (χ0n) is 7.39. The third kappa shape index (κ3) is 0.777. The van der Waals surface area contributed by atoms with Gasteiger partial charge in [0, 0.05) is 0 Å². The molecule has 4 N–H and O–H groups in total. The van der Waals surface area contributed by atoms with E-state index in [0.29, 0.717) is 6.42 Å². The smallest absolute Gasteiger partial charge is 0.233 e. The van der Waals surface area contributed by atoms with Crippen molar-refractivity contribution < 1.29 is 9.59 Å². The van der Waals surface area contributed by atoms with Gasteiger partial charge in [-0.1, -0.05) is 13.8 Å². The van der Waals surface area contributed by atoms with Crippen LogP contribution >= 0.6 is 0 Å². The van der Waals surface area contributed by atoms with Crippen LogP contribution in [0.3, 0.4) is 0 Å². The first-order valence-electron chi connectivity index (χ1n) is 4.00. The molecule has 1 aliphatic carbocycles. The zero-order valence-corrected chi connectivity index (χ0v) is 7.39. The molecule has 1 fully saturated rings. The maximum atomic E-state index is 11.0. The molecule has 12 heavy (non-hydrogen) atoms. The van der Waals surface area contributed by atoms with Crippen LogP contribution < -0.4 is 11.5 Å². The topological polar surface area (TPSA) is 86.2 Å². The summed E-state index contributed by atoms with van der Waals surface area (Å²) in [5.74, 6) is -1.17. The Labute approximate surface area is 71.3 Å².